The minimum Gasteiger partial charge on any atom is -0.497 e. The van der Waals surface area contributed by atoms with Gasteiger partial charge in [-0.15, -0.1) is 0 Å². The molecule has 2 aromatic carbocycles. The molecule has 0 atom stereocenters. The number of hydrogen-bond donors (Lipinski definition) is 0. The van der Waals surface area contributed by atoms with Gasteiger partial charge < -0.3 is 14.0 Å². The lowest BCUT2D eigenvalue weighted by molar-refractivity contribution is 0.137. The summed E-state index contributed by atoms with van der Waals surface area (Å²) >= 11 is 0. The molecule has 0 radical (unpaired) electrons. The Kier molecular flexibility index (Phi) is 7.23. The first-order valence-corrected chi connectivity index (χ1v) is 9.41. The lowest BCUT2D eigenvalue weighted by atomic mass is 10.2. The van der Waals surface area contributed by atoms with E-state index in [4.69, 9.17) is 9.47 Å². The minimum atomic E-state index is -0.170. The lowest BCUT2D eigenvalue weighted by Crippen LogP contribution is -2.28. The molecule has 3 rings (SSSR count). The second kappa shape index (κ2) is 10.1. The van der Waals surface area contributed by atoms with E-state index in [1.165, 1.54) is 17.3 Å². The molecule has 0 spiro atoms. The van der Waals surface area contributed by atoms with Gasteiger partial charge in [0, 0.05) is 50.7 Å². The molecule has 0 fully saturated rings. The monoisotopic (exact) mass is 382 g/mol. The highest BCUT2D eigenvalue weighted by molar-refractivity contribution is 5.29. The van der Waals surface area contributed by atoms with E-state index in [-0.39, 0.29) is 5.82 Å². The first-order valence-electron chi connectivity index (χ1n) is 9.41. The van der Waals surface area contributed by atoms with Crippen LogP contribution >= 0.6 is 0 Å². The van der Waals surface area contributed by atoms with Crippen molar-refractivity contribution >= 4 is 0 Å². The molecule has 0 amide bonds. The Labute approximate surface area is 166 Å². The lowest BCUT2D eigenvalue weighted by Gasteiger charge is -2.23. The molecular weight excluding hydrogens is 355 g/mol. The zero-order valence-corrected chi connectivity index (χ0v) is 16.5. The van der Waals surface area contributed by atoms with E-state index >= 15 is 0 Å². The highest BCUT2D eigenvalue weighted by Crippen LogP contribution is 2.17. The Morgan fingerprint density at radius 3 is 2.61 bits per heavy atom. The summed E-state index contributed by atoms with van der Waals surface area (Å²) in [5.74, 6) is 0.684. The van der Waals surface area contributed by atoms with E-state index < -0.39 is 0 Å². The standard InChI is InChI=1S/C23H27FN2O2/c1-27-14-13-25(17-20-8-3-4-11-23(20)24)18-21-9-6-12-26(21)16-19-7-5-10-22(15-19)28-2/h3-12,15H,13-14,16-18H2,1-2H3. The van der Waals surface area contributed by atoms with Gasteiger partial charge in [0.2, 0.25) is 0 Å². The molecule has 0 aliphatic carbocycles. The first kappa shape index (κ1) is 20.1. The summed E-state index contributed by atoms with van der Waals surface area (Å²) in [5.41, 5.74) is 3.05. The predicted molar refractivity (Wildman–Crippen MR) is 109 cm³/mol. The number of methoxy groups -OCH3 is 2. The smallest absolute Gasteiger partial charge is 0.127 e. The van der Waals surface area contributed by atoms with E-state index in [0.29, 0.717) is 25.3 Å². The van der Waals surface area contributed by atoms with Crippen LogP contribution in [0.5, 0.6) is 5.75 Å². The maximum absolute atomic E-state index is 14.1. The van der Waals surface area contributed by atoms with Crippen molar-refractivity contribution in [1.82, 2.24) is 9.47 Å². The molecule has 0 saturated heterocycles. The number of benzene rings is 2. The van der Waals surface area contributed by atoms with Gasteiger partial charge in [-0.1, -0.05) is 30.3 Å². The van der Waals surface area contributed by atoms with Crippen LogP contribution in [-0.2, 0) is 24.4 Å². The Hall–Kier alpha value is -2.63. The molecule has 1 heterocycles. The van der Waals surface area contributed by atoms with Crippen molar-refractivity contribution in [2.75, 3.05) is 27.4 Å². The second-order valence-corrected chi connectivity index (χ2v) is 6.77. The Morgan fingerprint density at radius 2 is 1.82 bits per heavy atom. The van der Waals surface area contributed by atoms with E-state index in [0.717, 1.165) is 18.8 Å². The SMILES string of the molecule is COCCN(Cc1ccccc1F)Cc1cccn1Cc1cccc(OC)c1. The fourth-order valence-corrected chi connectivity index (χ4v) is 3.25. The summed E-state index contributed by atoms with van der Waals surface area (Å²) in [5, 5.41) is 0. The number of ether oxygens (including phenoxy) is 2. The van der Waals surface area contributed by atoms with Crippen molar-refractivity contribution in [2.24, 2.45) is 0 Å². The van der Waals surface area contributed by atoms with Gasteiger partial charge >= 0.3 is 0 Å². The van der Waals surface area contributed by atoms with Gasteiger partial charge in [0.15, 0.2) is 0 Å². The quantitative estimate of drug-likeness (QED) is 0.522. The van der Waals surface area contributed by atoms with Gasteiger partial charge in [0.25, 0.3) is 0 Å². The van der Waals surface area contributed by atoms with Crippen LogP contribution in [-0.4, -0.2) is 36.8 Å². The predicted octanol–water partition coefficient (Wildman–Crippen LogP) is 4.33. The van der Waals surface area contributed by atoms with Crippen LogP contribution < -0.4 is 4.74 Å². The highest BCUT2D eigenvalue weighted by atomic mass is 19.1. The van der Waals surface area contributed by atoms with Crippen molar-refractivity contribution in [3.8, 4) is 5.75 Å². The molecule has 148 valence electrons. The molecule has 5 heteroatoms. The van der Waals surface area contributed by atoms with Crippen LogP contribution in [0.2, 0.25) is 0 Å². The molecule has 3 aromatic rings. The summed E-state index contributed by atoms with van der Waals surface area (Å²) in [6.07, 6.45) is 2.08. The number of aromatic nitrogens is 1. The van der Waals surface area contributed by atoms with E-state index in [9.17, 15) is 4.39 Å². The van der Waals surface area contributed by atoms with Crippen LogP contribution in [0, 0.1) is 5.82 Å². The van der Waals surface area contributed by atoms with E-state index in [2.05, 4.69) is 27.8 Å². The molecular formula is C23H27FN2O2. The molecule has 28 heavy (non-hydrogen) atoms. The Bertz CT molecular complexity index is 878. The number of hydrogen-bond acceptors (Lipinski definition) is 3. The Morgan fingerprint density at radius 1 is 0.964 bits per heavy atom. The summed E-state index contributed by atoms with van der Waals surface area (Å²) in [6, 6.07) is 19.2. The van der Waals surface area contributed by atoms with Crippen LogP contribution in [0.1, 0.15) is 16.8 Å². The normalized spacial score (nSPS) is 11.1. The molecule has 0 unspecified atom stereocenters. The fourth-order valence-electron chi connectivity index (χ4n) is 3.25. The van der Waals surface area contributed by atoms with E-state index in [1.54, 1.807) is 20.3 Å². The third kappa shape index (κ3) is 5.44. The van der Waals surface area contributed by atoms with Crippen LogP contribution in [0.3, 0.4) is 0 Å². The largest absolute Gasteiger partial charge is 0.497 e. The van der Waals surface area contributed by atoms with Gasteiger partial charge in [-0.05, 0) is 35.9 Å². The average Bonchev–Trinajstić information content (AvgIpc) is 3.14. The molecule has 1 aromatic heterocycles. The van der Waals surface area contributed by atoms with Crippen LogP contribution in [0.15, 0.2) is 66.9 Å². The van der Waals surface area contributed by atoms with Gasteiger partial charge in [-0.2, -0.15) is 0 Å². The summed E-state index contributed by atoms with van der Waals surface area (Å²) in [4.78, 5) is 2.21. The fraction of sp³-hybridized carbons (Fsp3) is 0.304. The zero-order chi connectivity index (χ0) is 19.8. The summed E-state index contributed by atoms with van der Waals surface area (Å²) < 4.78 is 26.9. The van der Waals surface area contributed by atoms with Crippen LogP contribution in [0.25, 0.3) is 0 Å². The van der Waals surface area contributed by atoms with Gasteiger partial charge in [-0.3, -0.25) is 4.90 Å². The molecule has 0 N–H and O–H groups in total. The molecule has 0 bridgehead atoms. The Balaban J connectivity index is 1.74. The van der Waals surface area contributed by atoms with Crippen molar-refractivity contribution in [1.29, 1.82) is 0 Å². The number of halogens is 1. The molecule has 0 aliphatic heterocycles. The van der Waals surface area contributed by atoms with Crippen molar-refractivity contribution < 1.29 is 13.9 Å². The molecule has 0 saturated carbocycles. The van der Waals surface area contributed by atoms with Crippen molar-refractivity contribution in [3.63, 3.8) is 0 Å². The minimum absolute atomic E-state index is 0.170. The highest BCUT2D eigenvalue weighted by Gasteiger charge is 2.12. The summed E-state index contributed by atoms with van der Waals surface area (Å²) in [6.45, 7) is 3.35. The topological polar surface area (TPSA) is 26.6 Å². The van der Waals surface area contributed by atoms with Gasteiger partial charge in [0.1, 0.15) is 11.6 Å². The molecule has 0 aliphatic rings. The average molecular weight is 382 g/mol. The van der Waals surface area contributed by atoms with E-state index in [1.807, 2.05) is 36.4 Å². The number of rotatable bonds is 10. The maximum Gasteiger partial charge on any atom is 0.127 e. The third-order valence-electron chi connectivity index (χ3n) is 4.76. The summed E-state index contributed by atoms with van der Waals surface area (Å²) in [7, 11) is 3.36. The molecule has 4 nitrogen and oxygen atoms in total. The van der Waals surface area contributed by atoms with Gasteiger partial charge in [-0.25, -0.2) is 4.39 Å². The number of nitrogens with zero attached hydrogens (tertiary/aromatic N) is 2. The first-order chi connectivity index (χ1) is 13.7. The zero-order valence-electron chi connectivity index (χ0n) is 16.5. The van der Waals surface area contributed by atoms with Gasteiger partial charge in [0.05, 0.1) is 13.7 Å². The maximum atomic E-state index is 14.1. The van der Waals surface area contributed by atoms with Crippen LogP contribution in [0.4, 0.5) is 4.39 Å². The second-order valence-electron chi connectivity index (χ2n) is 6.77. The third-order valence-corrected chi connectivity index (χ3v) is 4.76. The van der Waals surface area contributed by atoms with Crippen molar-refractivity contribution in [2.45, 2.75) is 19.6 Å². The van der Waals surface area contributed by atoms with Crippen molar-refractivity contribution in [3.05, 3.63) is 89.5 Å².